The Morgan fingerprint density at radius 1 is 1.11 bits per heavy atom. The van der Waals surface area contributed by atoms with Crippen molar-refractivity contribution < 1.29 is 9.84 Å². The summed E-state index contributed by atoms with van der Waals surface area (Å²) in [5.74, 6) is 0. The van der Waals surface area contributed by atoms with Gasteiger partial charge in [-0.3, -0.25) is 0 Å². The third-order valence-corrected chi connectivity index (χ3v) is 3.16. The minimum atomic E-state index is -0.677. The summed E-state index contributed by atoms with van der Waals surface area (Å²) in [7, 11) is 0. The van der Waals surface area contributed by atoms with Crippen molar-refractivity contribution in [2.24, 2.45) is 0 Å². The molecule has 0 spiro atoms. The van der Waals surface area contributed by atoms with Crippen molar-refractivity contribution in [1.82, 2.24) is 0 Å². The monoisotopic (exact) mass is 244 g/mol. The van der Waals surface area contributed by atoms with Crippen LogP contribution in [0, 0.1) is 0 Å². The van der Waals surface area contributed by atoms with Crippen LogP contribution in [0.25, 0.3) is 10.8 Å². The van der Waals surface area contributed by atoms with Gasteiger partial charge in [-0.05, 0) is 29.7 Å². The Bertz CT molecular complexity index is 502. The number of hydrogen-bond acceptors (Lipinski definition) is 2. The van der Waals surface area contributed by atoms with E-state index in [1.54, 1.807) is 0 Å². The molecule has 2 aromatic rings. The zero-order chi connectivity index (χ0) is 13.0. The van der Waals surface area contributed by atoms with Crippen molar-refractivity contribution in [2.45, 2.75) is 39.1 Å². The van der Waals surface area contributed by atoms with Crippen LogP contribution >= 0.6 is 0 Å². The van der Waals surface area contributed by atoms with Crippen molar-refractivity contribution >= 4 is 10.8 Å². The fourth-order valence-electron chi connectivity index (χ4n) is 2.23. The van der Waals surface area contributed by atoms with Gasteiger partial charge >= 0.3 is 0 Å². The highest BCUT2D eigenvalue weighted by molar-refractivity contribution is 5.85. The standard InChI is InChI=1S/C16H20O2/c1-3-7-16(17)18-12(2)14-11-6-9-13-8-4-5-10-15(13)14/h4-6,8-12,16-17H,3,7H2,1-2H3/t12-,16?/m0/s1. The van der Waals surface area contributed by atoms with Crippen LogP contribution in [-0.2, 0) is 4.74 Å². The number of aliphatic hydroxyl groups excluding tert-OH is 1. The summed E-state index contributed by atoms with van der Waals surface area (Å²) >= 11 is 0. The van der Waals surface area contributed by atoms with E-state index in [-0.39, 0.29) is 6.10 Å². The number of rotatable bonds is 5. The second kappa shape index (κ2) is 5.98. The zero-order valence-corrected chi connectivity index (χ0v) is 11.0. The zero-order valence-electron chi connectivity index (χ0n) is 11.0. The Labute approximate surface area is 108 Å². The molecular formula is C16H20O2. The van der Waals surface area contributed by atoms with Gasteiger partial charge in [0, 0.05) is 0 Å². The van der Waals surface area contributed by atoms with Crippen LogP contribution < -0.4 is 0 Å². The largest absolute Gasteiger partial charge is 0.368 e. The van der Waals surface area contributed by atoms with Gasteiger partial charge in [0.2, 0.25) is 0 Å². The lowest BCUT2D eigenvalue weighted by atomic mass is 10.0. The second-order valence-electron chi connectivity index (χ2n) is 4.59. The maximum Gasteiger partial charge on any atom is 0.155 e. The maximum atomic E-state index is 9.73. The first-order valence-electron chi connectivity index (χ1n) is 6.53. The van der Waals surface area contributed by atoms with Crippen molar-refractivity contribution in [3.63, 3.8) is 0 Å². The smallest absolute Gasteiger partial charge is 0.155 e. The summed E-state index contributed by atoms with van der Waals surface area (Å²) in [4.78, 5) is 0. The number of fused-ring (bicyclic) bond motifs is 1. The van der Waals surface area contributed by atoms with Crippen LogP contribution in [0.15, 0.2) is 42.5 Å². The van der Waals surface area contributed by atoms with Gasteiger partial charge in [-0.25, -0.2) is 0 Å². The third-order valence-electron chi connectivity index (χ3n) is 3.16. The Balaban J connectivity index is 2.24. The molecule has 0 aliphatic rings. The molecule has 0 aliphatic heterocycles. The average Bonchev–Trinajstić information content (AvgIpc) is 2.38. The summed E-state index contributed by atoms with van der Waals surface area (Å²) in [6.45, 7) is 4.02. The van der Waals surface area contributed by atoms with Crippen molar-refractivity contribution in [2.75, 3.05) is 0 Å². The number of aliphatic hydroxyl groups is 1. The molecule has 0 saturated carbocycles. The molecule has 0 aromatic heterocycles. The van der Waals surface area contributed by atoms with Gasteiger partial charge in [0.25, 0.3) is 0 Å². The van der Waals surface area contributed by atoms with Gasteiger partial charge < -0.3 is 9.84 Å². The molecule has 0 aliphatic carbocycles. The Morgan fingerprint density at radius 3 is 2.61 bits per heavy atom. The lowest BCUT2D eigenvalue weighted by Crippen LogP contribution is -2.14. The summed E-state index contributed by atoms with van der Waals surface area (Å²) in [5, 5.41) is 12.1. The predicted octanol–water partition coefficient (Wildman–Crippen LogP) is 4.04. The molecule has 0 radical (unpaired) electrons. The summed E-state index contributed by atoms with van der Waals surface area (Å²) < 4.78 is 5.64. The summed E-state index contributed by atoms with van der Waals surface area (Å²) in [5.41, 5.74) is 1.13. The Hall–Kier alpha value is -1.38. The van der Waals surface area contributed by atoms with Gasteiger partial charge in [-0.2, -0.15) is 0 Å². The van der Waals surface area contributed by atoms with Gasteiger partial charge in [0.1, 0.15) is 0 Å². The van der Waals surface area contributed by atoms with Crippen LogP contribution in [0.4, 0.5) is 0 Å². The van der Waals surface area contributed by atoms with Gasteiger partial charge in [0.15, 0.2) is 6.29 Å². The van der Waals surface area contributed by atoms with Gasteiger partial charge in [0.05, 0.1) is 6.10 Å². The minimum Gasteiger partial charge on any atom is -0.368 e. The van der Waals surface area contributed by atoms with Gasteiger partial charge in [-0.1, -0.05) is 55.8 Å². The number of ether oxygens (including phenoxy) is 1. The number of hydrogen-bond donors (Lipinski definition) is 1. The molecule has 1 N–H and O–H groups in total. The van der Waals surface area contributed by atoms with E-state index in [9.17, 15) is 5.11 Å². The van der Waals surface area contributed by atoms with Crippen molar-refractivity contribution in [3.05, 3.63) is 48.0 Å². The first-order chi connectivity index (χ1) is 8.72. The average molecular weight is 244 g/mol. The molecule has 2 rings (SSSR count). The molecule has 96 valence electrons. The van der Waals surface area contributed by atoms with E-state index >= 15 is 0 Å². The van der Waals surface area contributed by atoms with Crippen LogP contribution in [0.3, 0.4) is 0 Å². The molecule has 2 atom stereocenters. The van der Waals surface area contributed by atoms with Crippen LogP contribution in [0.5, 0.6) is 0 Å². The molecule has 0 saturated heterocycles. The molecule has 1 unspecified atom stereocenters. The first kappa shape index (κ1) is 13.1. The van der Waals surface area contributed by atoms with E-state index < -0.39 is 6.29 Å². The van der Waals surface area contributed by atoms with Gasteiger partial charge in [-0.15, -0.1) is 0 Å². The molecule has 0 heterocycles. The predicted molar refractivity (Wildman–Crippen MR) is 74.4 cm³/mol. The molecule has 2 heteroatoms. The lowest BCUT2D eigenvalue weighted by molar-refractivity contribution is -0.135. The Morgan fingerprint density at radius 2 is 1.83 bits per heavy atom. The molecule has 0 bridgehead atoms. The SMILES string of the molecule is CCCC(O)O[C@@H](C)c1cccc2ccccc12. The molecule has 2 aromatic carbocycles. The van der Waals surface area contributed by atoms with E-state index in [1.807, 2.05) is 32.0 Å². The van der Waals surface area contributed by atoms with E-state index in [1.165, 1.54) is 10.8 Å². The molecule has 0 amide bonds. The van der Waals surface area contributed by atoms with Crippen LogP contribution in [0.1, 0.15) is 38.4 Å². The fraction of sp³-hybridized carbons (Fsp3) is 0.375. The second-order valence-corrected chi connectivity index (χ2v) is 4.59. The molecule has 0 fully saturated rings. The normalized spacial score (nSPS) is 14.6. The van der Waals surface area contributed by atoms with Crippen LogP contribution in [0.2, 0.25) is 0 Å². The highest BCUT2D eigenvalue weighted by atomic mass is 16.6. The fourth-order valence-corrected chi connectivity index (χ4v) is 2.23. The van der Waals surface area contributed by atoms with E-state index in [0.29, 0.717) is 6.42 Å². The molecule has 2 nitrogen and oxygen atoms in total. The Kier molecular flexibility index (Phi) is 4.34. The maximum absolute atomic E-state index is 9.73. The van der Waals surface area contributed by atoms with E-state index in [4.69, 9.17) is 4.74 Å². The topological polar surface area (TPSA) is 29.5 Å². The lowest BCUT2D eigenvalue weighted by Gasteiger charge is -2.19. The highest BCUT2D eigenvalue weighted by Gasteiger charge is 2.13. The van der Waals surface area contributed by atoms with Crippen molar-refractivity contribution in [1.29, 1.82) is 0 Å². The first-order valence-corrected chi connectivity index (χ1v) is 6.53. The minimum absolute atomic E-state index is 0.0994. The quantitative estimate of drug-likeness (QED) is 0.804. The molecular weight excluding hydrogens is 224 g/mol. The summed E-state index contributed by atoms with van der Waals surface area (Å²) in [6, 6.07) is 14.4. The van der Waals surface area contributed by atoms with Crippen molar-refractivity contribution in [3.8, 4) is 0 Å². The van der Waals surface area contributed by atoms with E-state index in [2.05, 4.69) is 24.3 Å². The molecule has 18 heavy (non-hydrogen) atoms. The highest BCUT2D eigenvalue weighted by Crippen LogP contribution is 2.27. The van der Waals surface area contributed by atoms with E-state index in [0.717, 1.165) is 12.0 Å². The van der Waals surface area contributed by atoms with Crippen LogP contribution in [-0.4, -0.2) is 11.4 Å². The number of benzene rings is 2. The third kappa shape index (κ3) is 2.89. The summed E-state index contributed by atoms with van der Waals surface area (Å²) in [6.07, 6.45) is 0.819.